The smallest absolute Gasteiger partial charge is 0.217 e. The van der Waals surface area contributed by atoms with Crippen LogP contribution in [0.25, 0.3) is 0 Å². The first-order valence-electron chi connectivity index (χ1n) is 14.3. The minimum absolute atomic E-state index is 0.121. The van der Waals surface area contributed by atoms with E-state index in [1.165, 1.54) is 18.2 Å². The predicted octanol–water partition coefficient (Wildman–Crippen LogP) is 4.98. The molecule has 1 saturated heterocycles. The van der Waals surface area contributed by atoms with Crippen molar-refractivity contribution in [1.29, 1.82) is 0 Å². The molecule has 224 valence electrons. The zero-order valence-electron chi connectivity index (χ0n) is 23.5. The molecule has 1 aliphatic heterocycles. The second-order valence-electron chi connectivity index (χ2n) is 11.4. The van der Waals surface area contributed by atoms with E-state index in [1.807, 2.05) is 6.92 Å². The van der Waals surface area contributed by atoms with Crippen LogP contribution in [0.15, 0.2) is 66.7 Å². The summed E-state index contributed by atoms with van der Waals surface area (Å²) >= 11 is 6.24. The van der Waals surface area contributed by atoms with Gasteiger partial charge in [0.05, 0.1) is 11.3 Å². The standard InChI is InChI=1S/C32H36ClF2N3O3S/c1-20-18-37-19-26(38(20)42(40,41)27-12-13-27)11-14-28-21(5-4-10-29(28)35)17-30(39)32(36)31(22-6-2-8-24(33)15-22)23-7-3-9-25(34)16-23/h2-10,15-16,20,26-27,31-32,37H,11-14,17-19,36H2,1H3/t20-,26+,31+,32-/m1/s1. The van der Waals surface area contributed by atoms with E-state index in [0.29, 0.717) is 59.6 Å². The van der Waals surface area contributed by atoms with Gasteiger partial charge in [-0.2, -0.15) is 4.31 Å². The number of carbonyl (C=O) groups is 1. The molecule has 4 atom stereocenters. The summed E-state index contributed by atoms with van der Waals surface area (Å²) in [6.07, 6.45) is 1.91. The quantitative estimate of drug-likeness (QED) is 0.318. The first-order chi connectivity index (χ1) is 20.1. The van der Waals surface area contributed by atoms with E-state index in [0.717, 1.165) is 0 Å². The van der Waals surface area contributed by atoms with Crippen molar-refractivity contribution in [2.75, 3.05) is 13.1 Å². The van der Waals surface area contributed by atoms with Crippen molar-refractivity contribution in [3.63, 3.8) is 0 Å². The molecule has 1 aliphatic carbocycles. The molecule has 3 aromatic rings. The van der Waals surface area contributed by atoms with E-state index >= 15 is 4.39 Å². The van der Waals surface area contributed by atoms with Crippen LogP contribution in [0.1, 0.15) is 54.4 Å². The molecule has 42 heavy (non-hydrogen) atoms. The molecule has 0 unspecified atom stereocenters. The Labute approximate surface area is 251 Å². The number of rotatable bonds is 11. The minimum atomic E-state index is -3.42. The van der Waals surface area contributed by atoms with Gasteiger partial charge in [-0.25, -0.2) is 17.2 Å². The van der Waals surface area contributed by atoms with Gasteiger partial charge in [0.1, 0.15) is 11.6 Å². The van der Waals surface area contributed by atoms with Gasteiger partial charge >= 0.3 is 0 Å². The van der Waals surface area contributed by atoms with Crippen LogP contribution >= 0.6 is 11.6 Å². The Morgan fingerprint density at radius 2 is 1.74 bits per heavy atom. The lowest BCUT2D eigenvalue weighted by atomic mass is 9.82. The lowest BCUT2D eigenvalue weighted by Gasteiger charge is -2.40. The van der Waals surface area contributed by atoms with Crippen molar-refractivity contribution >= 4 is 27.4 Å². The molecule has 1 saturated carbocycles. The van der Waals surface area contributed by atoms with Crippen LogP contribution in [-0.4, -0.2) is 55.0 Å². The first-order valence-corrected chi connectivity index (χ1v) is 16.2. The SMILES string of the molecule is C[C@@H]1CNC[C@H](CCc2c(F)cccc2CC(=O)[C@@H](N)[C@H](c2cccc(F)c2)c2cccc(Cl)c2)N1S(=O)(=O)C1CC1. The zero-order valence-corrected chi connectivity index (χ0v) is 25.1. The summed E-state index contributed by atoms with van der Waals surface area (Å²) in [5.74, 6) is -1.89. The van der Waals surface area contributed by atoms with Crippen LogP contribution in [0.3, 0.4) is 0 Å². The van der Waals surface area contributed by atoms with Crippen LogP contribution in [0.4, 0.5) is 8.78 Å². The number of halogens is 3. The van der Waals surface area contributed by atoms with Gasteiger partial charge in [-0.3, -0.25) is 4.79 Å². The number of Topliss-reactive ketones (excluding diaryl/α,β-unsaturated/α-hetero) is 1. The van der Waals surface area contributed by atoms with E-state index in [2.05, 4.69) is 5.32 Å². The Bertz CT molecular complexity index is 1500. The fourth-order valence-corrected chi connectivity index (χ4v) is 8.53. The number of piperazine rings is 1. The fourth-order valence-electron chi connectivity index (χ4n) is 6.08. The van der Waals surface area contributed by atoms with Gasteiger partial charge in [-0.1, -0.05) is 48.0 Å². The Kier molecular flexibility index (Phi) is 9.44. The van der Waals surface area contributed by atoms with Gasteiger partial charge in [-0.05, 0) is 85.2 Å². The van der Waals surface area contributed by atoms with E-state index in [4.69, 9.17) is 17.3 Å². The molecule has 6 nitrogen and oxygen atoms in total. The molecular formula is C32H36ClF2N3O3S. The summed E-state index contributed by atoms with van der Waals surface area (Å²) < 4.78 is 57.5. The number of hydrogen-bond donors (Lipinski definition) is 2. The summed E-state index contributed by atoms with van der Waals surface area (Å²) in [7, 11) is -3.42. The third-order valence-corrected chi connectivity index (χ3v) is 11.1. The number of sulfonamides is 1. The molecule has 0 aromatic heterocycles. The van der Waals surface area contributed by atoms with Crippen LogP contribution in [0, 0.1) is 11.6 Å². The number of carbonyl (C=O) groups excluding carboxylic acids is 1. The highest BCUT2D eigenvalue weighted by atomic mass is 35.5. The van der Waals surface area contributed by atoms with Crippen molar-refractivity contribution < 1.29 is 22.0 Å². The molecule has 0 amide bonds. The van der Waals surface area contributed by atoms with Crippen LogP contribution in [0.5, 0.6) is 0 Å². The van der Waals surface area contributed by atoms with E-state index in [9.17, 15) is 17.6 Å². The number of nitrogens with zero attached hydrogens (tertiary/aromatic N) is 1. The molecule has 2 fully saturated rings. The average Bonchev–Trinajstić information content (AvgIpc) is 3.79. The first kappa shape index (κ1) is 30.8. The van der Waals surface area contributed by atoms with Crippen LogP contribution < -0.4 is 11.1 Å². The monoisotopic (exact) mass is 615 g/mol. The molecule has 0 bridgehead atoms. The van der Waals surface area contributed by atoms with E-state index in [1.54, 1.807) is 52.8 Å². The number of nitrogens with one attached hydrogen (secondary N) is 1. The molecule has 2 aliphatic rings. The van der Waals surface area contributed by atoms with Crippen LogP contribution in [0.2, 0.25) is 5.02 Å². The third-order valence-electron chi connectivity index (χ3n) is 8.31. The summed E-state index contributed by atoms with van der Waals surface area (Å²) in [4.78, 5) is 13.7. The zero-order chi connectivity index (χ0) is 30.0. The summed E-state index contributed by atoms with van der Waals surface area (Å²) in [5, 5.41) is 3.44. The molecule has 0 radical (unpaired) electrons. The average molecular weight is 616 g/mol. The highest BCUT2D eigenvalue weighted by molar-refractivity contribution is 7.90. The van der Waals surface area contributed by atoms with Gasteiger partial charge in [0.2, 0.25) is 10.0 Å². The van der Waals surface area contributed by atoms with Crippen LogP contribution in [-0.2, 0) is 27.7 Å². The number of ketones is 1. The predicted molar refractivity (Wildman–Crippen MR) is 161 cm³/mol. The highest BCUT2D eigenvalue weighted by Gasteiger charge is 2.45. The van der Waals surface area contributed by atoms with Gasteiger partial charge in [0, 0.05) is 42.5 Å². The maximum Gasteiger partial charge on any atom is 0.217 e. The van der Waals surface area contributed by atoms with Crippen molar-refractivity contribution in [3.05, 3.63) is 106 Å². The Morgan fingerprint density at radius 3 is 2.43 bits per heavy atom. The Balaban J connectivity index is 1.37. The maximum atomic E-state index is 15.2. The molecular weight excluding hydrogens is 580 g/mol. The fraction of sp³-hybridized carbons (Fsp3) is 0.406. The maximum absolute atomic E-state index is 15.2. The van der Waals surface area contributed by atoms with Gasteiger partial charge in [0.15, 0.2) is 5.78 Å². The van der Waals surface area contributed by atoms with Gasteiger partial charge in [-0.15, -0.1) is 0 Å². The largest absolute Gasteiger partial charge is 0.321 e. The van der Waals surface area contributed by atoms with Gasteiger partial charge < -0.3 is 11.1 Å². The molecule has 10 heteroatoms. The van der Waals surface area contributed by atoms with Crippen molar-refractivity contribution in [1.82, 2.24) is 9.62 Å². The number of hydrogen-bond acceptors (Lipinski definition) is 5. The Hall–Kier alpha value is -2.69. The van der Waals surface area contributed by atoms with Crippen molar-refractivity contribution in [2.24, 2.45) is 5.73 Å². The minimum Gasteiger partial charge on any atom is -0.321 e. The molecule has 3 aromatic carbocycles. The third kappa shape index (κ3) is 6.76. The summed E-state index contributed by atoms with van der Waals surface area (Å²) in [5.41, 5.74) is 8.67. The van der Waals surface area contributed by atoms with Crippen molar-refractivity contribution in [3.8, 4) is 0 Å². The lowest BCUT2D eigenvalue weighted by Crippen LogP contribution is -2.59. The Morgan fingerprint density at radius 1 is 1.05 bits per heavy atom. The number of benzene rings is 3. The summed E-state index contributed by atoms with van der Waals surface area (Å²) in [6, 6.07) is 16.0. The molecule has 0 spiro atoms. The lowest BCUT2D eigenvalue weighted by molar-refractivity contribution is -0.119. The molecule has 1 heterocycles. The highest BCUT2D eigenvalue weighted by Crippen LogP contribution is 2.35. The second kappa shape index (κ2) is 12.9. The van der Waals surface area contributed by atoms with E-state index < -0.39 is 33.6 Å². The normalized spacial score (nSPS) is 21.2. The topological polar surface area (TPSA) is 92.5 Å². The molecule has 5 rings (SSSR count). The number of nitrogens with two attached hydrogens (primary N) is 1. The molecule has 3 N–H and O–H groups in total. The summed E-state index contributed by atoms with van der Waals surface area (Å²) in [6.45, 7) is 2.94. The second-order valence-corrected chi connectivity index (χ2v) is 14.0. The van der Waals surface area contributed by atoms with Crippen molar-refractivity contribution in [2.45, 2.75) is 68.3 Å². The van der Waals surface area contributed by atoms with Gasteiger partial charge in [0.25, 0.3) is 0 Å². The van der Waals surface area contributed by atoms with E-state index in [-0.39, 0.29) is 36.0 Å².